The molecule has 17 heavy (non-hydrogen) atoms. The zero-order chi connectivity index (χ0) is 12.3. The summed E-state index contributed by atoms with van der Waals surface area (Å²) in [5.41, 5.74) is 6.03. The number of hydrogen-bond donors (Lipinski definition) is 2. The second-order valence-electron chi connectivity index (χ2n) is 4.56. The molecule has 3 nitrogen and oxygen atoms in total. The Hall–Kier alpha value is -1.58. The van der Waals surface area contributed by atoms with Gasteiger partial charge in [-0.2, -0.15) is 0 Å². The summed E-state index contributed by atoms with van der Waals surface area (Å²) in [6.45, 7) is 0. The zero-order valence-corrected chi connectivity index (χ0v) is 9.71. The predicted octanol–water partition coefficient (Wildman–Crippen LogP) is 2.93. The first-order valence-corrected chi connectivity index (χ1v) is 6.02. The molecule has 0 aromatic heterocycles. The van der Waals surface area contributed by atoms with Gasteiger partial charge in [0.2, 0.25) is 5.91 Å². The Morgan fingerprint density at radius 2 is 2.00 bits per heavy atom. The minimum absolute atomic E-state index is 0.0284. The topological polar surface area (TPSA) is 55.1 Å². The molecule has 1 aromatic rings. The normalized spacial score (nSPS) is 16.8. The Balaban J connectivity index is 2.02. The van der Waals surface area contributed by atoms with Gasteiger partial charge in [0.1, 0.15) is 5.82 Å². The van der Waals surface area contributed by atoms with Crippen molar-refractivity contribution in [2.45, 2.75) is 32.1 Å². The lowest BCUT2D eigenvalue weighted by Crippen LogP contribution is -2.25. The summed E-state index contributed by atoms with van der Waals surface area (Å²) in [6, 6.07) is 4.31. The highest BCUT2D eigenvalue weighted by atomic mass is 19.1. The van der Waals surface area contributed by atoms with E-state index in [1.165, 1.54) is 18.6 Å². The van der Waals surface area contributed by atoms with Crippen LogP contribution in [0.25, 0.3) is 0 Å². The molecule has 0 atom stereocenters. The van der Waals surface area contributed by atoms with E-state index in [4.69, 9.17) is 5.73 Å². The highest BCUT2D eigenvalue weighted by Gasteiger charge is 2.21. The number of amides is 1. The van der Waals surface area contributed by atoms with E-state index in [9.17, 15) is 9.18 Å². The van der Waals surface area contributed by atoms with Crippen molar-refractivity contribution in [3.63, 3.8) is 0 Å². The van der Waals surface area contributed by atoms with Crippen LogP contribution in [0.1, 0.15) is 32.1 Å². The second kappa shape index (κ2) is 5.17. The molecule has 0 bridgehead atoms. The van der Waals surface area contributed by atoms with Crippen molar-refractivity contribution in [2.75, 3.05) is 11.1 Å². The maximum absolute atomic E-state index is 13.5. The van der Waals surface area contributed by atoms with E-state index >= 15 is 0 Å². The van der Waals surface area contributed by atoms with Crippen molar-refractivity contribution in [3.8, 4) is 0 Å². The third-order valence-corrected chi connectivity index (χ3v) is 3.23. The number of nitrogens with two attached hydrogens (primary N) is 1. The molecule has 1 saturated carbocycles. The van der Waals surface area contributed by atoms with Crippen molar-refractivity contribution in [1.29, 1.82) is 0 Å². The number of nitrogen functional groups attached to an aromatic ring is 1. The van der Waals surface area contributed by atoms with E-state index in [0.29, 0.717) is 5.69 Å². The summed E-state index contributed by atoms with van der Waals surface area (Å²) in [4.78, 5) is 11.9. The van der Waals surface area contributed by atoms with Crippen LogP contribution in [0.2, 0.25) is 0 Å². The largest absolute Gasteiger partial charge is 0.399 e. The quantitative estimate of drug-likeness (QED) is 0.776. The minimum Gasteiger partial charge on any atom is -0.399 e. The van der Waals surface area contributed by atoms with E-state index in [-0.39, 0.29) is 17.5 Å². The van der Waals surface area contributed by atoms with Gasteiger partial charge < -0.3 is 11.1 Å². The number of anilines is 2. The molecule has 3 N–H and O–H groups in total. The number of halogens is 1. The van der Waals surface area contributed by atoms with Gasteiger partial charge in [0.15, 0.2) is 0 Å². The lowest BCUT2D eigenvalue weighted by Gasteiger charge is -2.20. The van der Waals surface area contributed by atoms with Gasteiger partial charge in [0.25, 0.3) is 0 Å². The number of nitrogens with one attached hydrogen (secondary N) is 1. The van der Waals surface area contributed by atoms with Gasteiger partial charge >= 0.3 is 0 Å². The first-order valence-electron chi connectivity index (χ1n) is 6.02. The van der Waals surface area contributed by atoms with Crippen molar-refractivity contribution < 1.29 is 9.18 Å². The number of hydrogen-bond acceptors (Lipinski definition) is 2. The molecule has 1 amide bonds. The third-order valence-electron chi connectivity index (χ3n) is 3.23. The van der Waals surface area contributed by atoms with Crippen LogP contribution >= 0.6 is 0 Å². The Kier molecular flexibility index (Phi) is 3.61. The fraction of sp³-hybridized carbons (Fsp3) is 0.462. The number of rotatable bonds is 2. The number of carbonyl (C=O) groups is 1. The van der Waals surface area contributed by atoms with E-state index < -0.39 is 5.82 Å². The molecule has 0 spiro atoms. The molecule has 92 valence electrons. The van der Waals surface area contributed by atoms with Crippen LogP contribution in [-0.4, -0.2) is 5.91 Å². The van der Waals surface area contributed by atoms with E-state index in [2.05, 4.69) is 5.32 Å². The van der Waals surface area contributed by atoms with Crippen LogP contribution in [0.5, 0.6) is 0 Å². The molecule has 1 aromatic carbocycles. The molecule has 0 unspecified atom stereocenters. The van der Waals surface area contributed by atoms with Crippen molar-refractivity contribution in [3.05, 3.63) is 24.0 Å². The summed E-state index contributed by atoms with van der Waals surface area (Å²) >= 11 is 0. The van der Waals surface area contributed by atoms with Crippen LogP contribution in [-0.2, 0) is 4.79 Å². The van der Waals surface area contributed by atoms with Crippen LogP contribution in [0, 0.1) is 11.7 Å². The maximum Gasteiger partial charge on any atom is 0.227 e. The van der Waals surface area contributed by atoms with Crippen molar-refractivity contribution >= 4 is 17.3 Å². The first kappa shape index (κ1) is 11.9. The SMILES string of the molecule is Nc1ccc(NC(=O)C2CCCCC2)c(F)c1. The minimum atomic E-state index is -0.478. The standard InChI is InChI=1S/C13H17FN2O/c14-11-8-10(15)6-7-12(11)16-13(17)9-4-2-1-3-5-9/h6-9H,1-5,15H2,(H,16,17). The second-order valence-corrected chi connectivity index (χ2v) is 4.56. The Bertz CT molecular complexity index is 414. The summed E-state index contributed by atoms with van der Waals surface area (Å²) in [6.07, 6.45) is 5.18. The van der Waals surface area contributed by atoms with Crippen LogP contribution in [0.3, 0.4) is 0 Å². The highest BCUT2D eigenvalue weighted by molar-refractivity contribution is 5.92. The maximum atomic E-state index is 13.5. The van der Waals surface area contributed by atoms with E-state index in [1.54, 1.807) is 6.07 Å². The molecule has 1 aliphatic rings. The predicted molar refractivity (Wildman–Crippen MR) is 66.0 cm³/mol. The van der Waals surface area contributed by atoms with Gasteiger partial charge in [0, 0.05) is 11.6 Å². The van der Waals surface area contributed by atoms with Gasteiger partial charge in [-0.1, -0.05) is 19.3 Å². The smallest absolute Gasteiger partial charge is 0.227 e. The summed E-state index contributed by atoms with van der Waals surface area (Å²) in [5.74, 6) is -0.525. The van der Waals surface area contributed by atoms with Gasteiger partial charge in [-0.25, -0.2) is 4.39 Å². The Labute approximate surface area is 100 Å². The molecule has 0 saturated heterocycles. The molecule has 1 fully saturated rings. The van der Waals surface area contributed by atoms with Crippen LogP contribution < -0.4 is 11.1 Å². The van der Waals surface area contributed by atoms with E-state index in [0.717, 1.165) is 25.7 Å². The van der Waals surface area contributed by atoms with Gasteiger partial charge in [-0.15, -0.1) is 0 Å². The average molecular weight is 236 g/mol. The molecule has 2 rings (SSSR count). The monoisotopic (exact) mass is 236 g/mol. The highest BCUT2D eigenvalue weighted by Crippen LogP contribution is 2.25. The van der Waals surface area contributed by atoms with Gasteiger partial charge in [-0.05, 0) is 31.0 Å². The first-order chi connectivity index (χ1) is 8.16. The zero-order valence-electron chi connectivity index (χ0n) is 9.71. The molecular formula is C13H17FN2O. The van der Waals surface area contributed by atoms with Crippen LogP contribution in [0.4, 0.5) is 15.8 Å². The fourth-order valence-electron chi connectivity index (χ4n) is 2.23. The number of benzene rings is 1. The molecule has 0 aliphatic heterocycles. The van der Waals surface area contributed by atoms with Gasteiger partial charge in [0.05, 0.1) is 5.69 Å². The van der Waals surface area contributed by atoms with Gasteiger partial charge in [-0.3, -0.25) is 4.79 Å². The lowest BCUT2D eigenvalue weighted by atomic mass is 9.88. The fourth-order valence-corrected chi connectivity index (χ4v) is 2.23. The summed E-state index contributed by atoms with van der Waals surface area (Å²) in [5, 5.41) is 2.64. The Morgan fingerprint density at radius 3 is 2.65 bits per heavy atom. The van der Waals surface area contributed by atoms with Crippen LogP contribution in [0.15, 0.2) is 18.2 Å². The van der Waals surface area contributed by atoms with Crippen molar-refractivity contribution in [2.24, 2.45) is 5.92 Å². The molecular weight excluding hydrogens is 219 g/mol. The van der Waals surface area contributed by atoms with Crippen molar-refractivity contribution in [1.82, 2.24) is 0 Å². The van der Waals surface area contributed by atoms with E-state index in [1.807, 2.05) is 0 Å². The summed E-state index contributed by atoms with van der Waals surface area (Å²) < 4.78 is 13.5. The molecule has 0 radical (unpaired) electrons. The average Bonchev–Trinajstić information content (AvgIpc) is 2.34. The Morgan fingerprint density at radius 1 is 1.29 bits per heavy atom. The molecule has 0 heterocycles. The lowest BCUT2D eigenvalue weighted by molar-refractivity contribution is -0.120. The third kappa shape index (κ3) is 2.96. The molecule has 1 aliphatic carbocycles. The summed E-state index contributed by atoms with van der Waals surface area (Å²) in [7, 11) is 0. The molecule has 4 heteroatoms. The number of carbonyl (C=O) groups excluding carboxylic acids is 1.